The molecule has 0 radical (unpaired) electrons. The molecule has 0 bridgehead atoms. The molecule has 152 valence electrons. The van der Waals surface area contributed by atoms with Crippen molar-refractivity contribution >= 4 is 5.96 Å². The van der Waals surface area contributed by atoms with Crippen LogP contribution >= 0.6 is 0 Å². The van der Waals surface area contributed by atoms with Gasteiger partial charge in [-0.05, 0) is 31.0 Å². The van der Waals surface area contributed by atoms with Crippen LogP contribution in [-0.4, -0.2) is 52.3 Å². The normalized spacial score (nSPS) is 17.1. The Balaban J connectivity index is 1.29. The van der Waals surface area contributed by atoms with E-state index in [9.17, 15) is 0 Å². The lowest BCUT2D eigenvalue weighted by Gasteiger charge is -2.21. The number of nitrogens with one attached hydrogen (secondary N) is 1. The standard InChI is InChI=1S/C22H28N6O/c1-16-4-6-17(7-5-16)21-26-20(15-29-21)8-10-24-22(23-2)28-11-9-18(14-28)19-12-25-27(3)13-19/h4-7,12-13,15,18H,8-11,14H2,1-3H3,(H,23,24). The molecule has 3 aromatic rings. The van der Waals surface area contributed by atoms with E-state index in [2.05, 4.69) is 50.5 Å². The maximum Gasteiger partial charge on any atom is 0.226 e. The van der Waals surface area contributed by atoms with Crippen LogP contribution in [0.3, 0.4) is 0 Å². The minimum Gasteiger partial charge on any atom is -0.444 e. The second-order valence-corrected chi connectivity index (χ2v) is 7.61. The third-order valence-electron chi connectivity index (χ3n) is 5.41. The van der Waals surface area contributed by atoms with Gasteiger partial charge in [0.05, 0.1) is 11.9 Å². The van der Waals surface area contributed by atoms with E-state index in [-0.39, 0.29) is 0 Å². The summed E-state index contributed by atoms with van der Waals surface area (Å²) >= 11 is 0. The fourth-order valence-corrected chi connectivity index (χ4v) is 3.76. The first-order chi connectivity index (χ1) is 14.1. The van der Waals surface area contributed by atoms with E-state index in [4.69, 9.17) is 4.42 Å². The van der Waals surface area contributed by atoms with Crippen LogP contribution < -0.4 is 5.32 Å². The first-order valence-corrected chi connectivity index (χ1v) is 10.1. The number of nitrogens with zero attached hydrogens (tertiary/aromatic N) is 5. The Morgan fingerprint density at radius 1 is 1.31 bits per heavy atom. The van der Waals surface area contributed by atoms with E-state index in [1.165, 1.54) is 11.1 Å². The van der Waals surface area contributed by atoms with Gasteiger partial charge in [0.25, 0.3) is 0 Å². The minimum absolute atomic E-state index is 0.509. The van der Waals surface area contributed by atoms with E-state index >= 15 is 0 Å². The zero-order valence-electron chi connectivity index (χ0n) is 17.3. The van der Waals surface area contributed by atoms with E-state index in [0.717, 1.165) is 49.7 Å². The lowest BCUT2D eigenvalue weighted by atomic mass is 10.0. The van der Waals surface area contributed by atoms with Gasteiger partial charge in [-0.2, -0.15) is 5.10 Å². The Morgan fingerprint density at radius 2 is 2.14 bits per heavy atom. The number of oxazole rings is 1. The molecule has 4 rings (SSSR count). The third-order valence-corrected chi connectivity index (χ3v) is 5.41. The Kier molecular flexibility index (Phi) is 5.64. The van der Waals surface area contributed by atoms with Crippen LogP contribution in [0.5, 0.6) is 0 Å². The summed E-state index contributed by atoms with van der Waals surface area (Å²) in [6.45, 7) is 4.80. The monoisotopic (exact) mass is 392 g/mol. The number of aliphatic imine (C=N–C) groups is 1. The topological polar surface area (TPSA) is 71.5 Å². The number of hydrogen-bond acceptors (Lipinski definition) is 4. The van der Waals surface area contributed by atoms with Crippen LogP contribution in [0.25, 0.3) is 11.5 Å². The molecular weight excluding hydrogens is 364 g/mol. The quantitative estimate of drug-likeness (QED) is 0.534. The highest BCUT2D eigenvalue weighted by atomic mass is 16.3. The minimum atomic E-state index is 0.509. The van der Waals surface area contributed by atoms with Crippen molar-refractivity contribution < 1.29 is 4.42 Å². The molecule has 1 aromatic carbocycles. The second kappa shape index (κ2) is 8.51. The molecule has 1 aliphatic heterocycles. The molecule has 1 atom stereocenters. The predicted molar refractivity (Wildman–Crippen MR) is 114 cm³/mol. The van der Waals surface area contributed by atoms with Gasteiger partial charge >= 0.3 is 0 Å². The average molecular weight is 393 g/mol. The maximum atomic E-state index is 5.65. The highest BCUT2D eigenvalue weighted by Crippen LogP contribution is 2.26. The molecule has 1 saturated heterocycles. The van der Waals surface area contributed by atoms with Crippen LogP contribution in [0.15, 0.2) is 52.3 Å². The fraction of sp³-hybridized carbons (Fsp3) is 0.409. The van der Waals surface area contributed by atoms with Gasteiger partial charge in [-0.3, -0.25) is 9.67 Å². The van der Waals surface area contributed by atoms with Gasteiger partial charge < -0.3 is 14.6 Å². The van der Waals surface area contributed by atoms with E-state index in [1.807, 2.05) is 37.1 Å². The molecular formula is C22H28N6O. The Bertz CT molecular complexity index is 971. The van der Waals surface area contributed by atoms with Crippen LogP contribution in [-0.2, 0) is 13.5 Å². The summed E-state index contributed by atoms with van der Waals surface area (Å²) in [5.74, 6) is 2.12. The first kappa shape index (κ1) is 19.2. The number of aromatic nitrogens is 3. The highest BCUT2D eigenvalue weighted by molar-refractivity contribution is 5.80. The third kappa shape index (κ3) is 4.50. The molecule has 1 fully saturated rings. The van der Waals surface area contributed by atoms with Gasteiger partial charge in [-0.1, -0.05) is 17.7 Å². The molecule has 0 aliphatic carbocycles. The summed E-state index contributed by atoms with van der Waals surface area (Å²) in [6, 6.07) is 8.22. The molecule has 3 heterocycles. The van der Waals surface area contributed by atoms with Crippen molar-refractivity contribution in [2.75, 3.05) is 26.7 Å². The van der Waals surface area contributed by atoms with Crippen molar-refractivity contribution in [2.45, 2.75) is 25.7 Å². The van der Waals surface area contributed by atoms with Crippen molar-refractivity contribution in [1.29, 1.82) is 0 Å². The van der Waals surface area contributed by atoms with Gasteiger partial charge in [0.15, 0.2) is 5.96 Å². The van der Waals surface area contributed by atoms with Crippen molar-refractivity contribution in [3.8, 4) is 11.5 Å². The summed E-state index contributed by atoms with van der Waals surface area (Å²) in [7, 11) is 3.80. The fourth-order valence-electron chi connectivity index (χ4n) is 3.76. The van der Waals surface area contributed by atoms with E-state index in [1.54, 1.807) is 6.26 Å². The van der Waals surface area contributed by atoms with Crippen LogP contribution in [0, 0.1) is 6.92 Å². The second-order valence-electron chi connectivity index (χ2n) is 7.61. The van der Waals surface area contributed by atoms with Gasteiger partial charge in [0.1, 0.15) is 6.26 Å². The van der Waals surface area contributed by atoms with Crippen molar-refractivity contribution in [1.82, 2.24) is 25.0 Å². The number of rotatable bonds is 5. The SMILES string of the molecule is CN=C(NCCc1coc(-c2ccc(C)cc2)n1)N1CCC(c2cnn(C)c2)C1. The maximum absolute atomic E-state index is 5.65. The van der Waals surface area contributed by atoms with Crippen molar-refractivity contribution in [2.24, 2.45) is 12.0 Å². The van der Waals surface area contributed by atoms with E-state index in [0.29, 0.717) is 11.8 Å². The molecule has 7 nitrogen and oxygen atoms in total. The number of hydrogen-bond donors (Lipinski definition) is 1. The first-order valence-electron chi connectivity index (χ1n) is 10.1. The Morgan fingerprint density at radius 3 is 2.86 bits per heavy atom. The highest BCUT2D eigenvalue weighted by Gasteiger charge is 2.26. The molecule has 0 amide bonds. The molecule has 29 heavy (non-hydrogen) atoms. The van der Waals surface area contributed by atoms with Crippen LogP contribution in [0.4, 0.5) is 0 Å². The Hall–Kier alpha value is -3.09. The molecule has 1 unspecified atom stereocenters. The number of guanidine groups is 1. The molecule has 0 saturated carbocycles. The van der Waals surface area contributed by atoms with Crippen molar-refractivity contribution in [3.05, 3.63) is 59.7 Å². The summed E-state index contributed by atoms with van der Waals surface area (Å²) < 4.78 is 7.52. The molecule has 7 heteroatoms. The van der Waals surface area contributed by atoms with Gasteiger partial charge in [-0.15, -0.1) is 0 Å². The molecule has 0 spiro atoms. The zero-order valence-corrected chi connectivity index (χ0v) is 17.3. The number of benzene rings is 1. The predicted octanol–water partition coefficient (Wildman–Crippen LogP) is 2.99. The van der Waals surface area contributed by atoms with Crippen LogP contribution in [0.1, 0.15) is 29.2 Å². The van der Waals surface area contributed by atoms with Gasteiger partial charge in [0.2, 0.25) is 5.89 Å². The molecule has 1 N–H and O–H groups in total. The Labute approximate surface area is 171 Å². The lowest BCUT2D eigenvalue weighted by molar-refractivity contribution is 0.486. The molecule has 1 aliphatic rings. The largest absolute Gasteiger partial charge is 0.444 e. The number of aryl methyl sites for hydroxylation is 2. The van der Waals surface area contributed by atoms with Crippen LogP contribution in [0.2, 0.25) is 0 Å². The average Bonchev–Trinajstić information content (AvgIpc) is 3.46. The lowest BCUT2D eigenvalue weighted by Crippen LogP contribution is -2.40. The summed E-state index contributed by atoms with van der Waals surface area (Å²) in [5, 5.41) is 7.77. The van der Waals surface area contributed by atoms with Gasteiger partial charge in [0, 0.05) is 57.8 Å². The van der Waals surface area contributed by atoms with Crippen molar-refractivity contribution in [3.63, 3.8) is 0 Å². The summed E-state index contributed by atoms with van der Waals surface area (Å²) in [4.78, 5) is 11.4. The summed E-state index contributed by atoms with van der Waals surface area (Å²) in [5.41, 5.74) is 4.47. The van der Waals surface area contributed by atoms with Gasteiger partial charge in [-0.25, -0.2) is 4.98 Å². The number of likely N-dealkylation sites (tertiary alicyclic amines) is 1. The smallest absolute Gasteiger partial charge is 0.226 e. The molecule has 2 aromatic heterocycles. The van der Waals surface area contributed by atoms with E-state index < -0.39 is 0 Å². The zero-order chi connectivity index (χ0) is 20.2. The summed E-state index contributed by atoms with van der Waals surface area (Å²) in [6.07, 6.45) is 7.74.